The number of carbonyl (C=O) groups is 4. The fourth-order valence-corrected chi connectivity index (χ4v) is 3.84. The number of hydrogen-bond donors (Lipinski definition) is 3. The van der Waals surface area contributed by atoms with Crippen molar-refractivity contribution in [3.63, 3.8) is 0 Å². The third-order valence-corrected chi connectivity index (χ3v) is 5.67. The predicted octanol–water partition coefficient (Wildman–Crippen LogP) is 2.67. The van der Waals surface area contributed by atoms with E-state index >= 15 is 0 Å². The van der Waals surface area contributed by atoms with Gasteiger partial charge < -0.3 is 20.9 Å². The fraction of sp³-hybridized carbons (Fsp3) is 0.304. The Balaban J connectivity index is 1.53. The lowest BCUT2D eigenvalue weighted by Crippen LogP contribution is -2.41. The van der Waals surface area contributed by atoms with E-state index in [9.17, 15) is 19.2 Å². The smallest absolute Gasteiger partial charge is 0.318 e. The van der Waals surface area contributed by atoms with Crippen LogP contribution < -0.4 is 16.0 Å². The van der Waals surface area contributed by atoms with E-state index in [1.807, 2.05) is 0 Å². The lowest BCUT2D eigenvalue weighted by Gasteiger charge is -2.22. The number of ketones is 1. The highest BCUT2D eigenvalue weighted by Gasteiger charge is 2.34. The minimum atomic E-state index is -0.400. The van der Waals surface area contributed by atoms with E-state index in [1.165, 1.54) is 23.6 Å². The first kappa shape index (κ1) is 24.1. The molecule has 2 aromatic heterocycles. The van der Waals surface area contributed by atoms with E-state index in [4.69, 9.17) is 11.6 Å². The molecule has 0 saturated heterocycles. The van der Waals surface area contributed by atoms with Gasteiger partial charge in [-0.05, 0) is 43.2 Å². The fourth-order valence-electron chi connectivity index (χ4n) is 3.67. The summed E-state index contributed by atoms with van der Waals surface area (Å²) in [4.78, 5) is 55.2. The molecule has 3 N–H and O–H groups in total. The molecule has 1 aromatic carbocycles. The average molecular weight is 498 g/mol. The summed E-state index contributed by atoms with van der Waals surface area (Å²) in [6, 6.07) is 9.43. The van der Waals surface area contributed by atoms with E-state index in [-0.39, 0.29) is 47.6 Å². The zero-order chi connectivity index (χ0) is 25.1. The summed E-state index contributed by atoms with van der Waals surface area (Å²) in [5.41, 5.74) is 1.24. The average Bonchev–Trinajstić information content (AvgIpc) is 3.59. The first-order valence-electron chi connectivity index (χ1n) is 11.0. The van der Waals surface area contributed by atoms with E-state index in [1.54, 1.807) is 36.4 Å². The molecule has 1 saturated carbocycles. The molecule has 4 amide bonds. The number of fused-ring (bicyclic) bond motifs is 1. The molecule has 1 aliphatic carbocycles. The number of urea groups is 1. The Bertz CT molecular complexity index is 1320. The topological polar surface area (TPSA) is 138 Å². The van der Waals surface area contributed by atoms with E-state index in [2.05, 4.69) is 26.0 Å². The third kappa shape index (κ3) is 5.75. The van der Waals surface area contributed by atoms with Crippen LogP contribution in [0.4, 0.5) is 16.3 Å². The van der Waals surface area contributed by atoms with Gasteiger partial charge in [0, 0.05) is 31.1 Å². The Hall–Kier alpha value is -3.99. The maximum absolute atomic E-state index is 13.2. The number of carbonyl (C=O) groups excluding carboxylic acids is 4. The normalized spacial score (nSPS) is 12.8. The van der Waals surface area contributed by atoms with Crippen LogP contribution in [0.2, 0.25) is 5.15 Å². The van der Waals surface area contributed by atoms with Crippen LogP contribution in [0.15, 0.2) is 36.4 Å². The zero-order valence-electron chi connectivity index (χ0n) is 19.2. The molecule has 0 bridgehead atoms. The first-order valence-corrected chi connectivity index (χ1v) is 11.3. The number of hydrogen-bond acceptors (Lipinski definition) is 6. The quantitative estimate of drug-likeness (QED) is 0.323. The molecule has 2 heterocycles. The summed E-state index contributed by atoms with van der Waals surface area (Å²) in [6.07, 6.45) is 1.61. The number of pyridine rings is 1. The van der Waals surface area contributed by atoms with E-state index in [0.717, 1.165) is 12.8 Å². The molecule has 11 nitrogen and oxygen atoms in total. The SMILES string of the molecule is CNC(=O)Nc1ccc2c(c1)c(C(C)=O)nn2CC(=O)N(CC(=O)Nc1cccc(Cl)n1)C1CC1. The first-order chi connectivity index (χ1) is 16.7. The van der Waals surface area contributed by atoms with Gasteiger partial charge in [0.2, 0.25) is 11.8 Å². The maximum atomic E-state index is 13.2. The van der Waals surface area contributed by atoms with Gasteiger partial charge in [-0.25, -0.2) is 9.78 Å². The van der Waals surface area contributed by atoms with Gasteiger partial charge in [0.05, 0.1) is 5.52 Å². The number of nitrogens with one attached hydrogen (secondary N) is 3. The van der Waals surface area contributed by atoms with Gasteiger partial charge in [-0.2, -0.15) is 5.10 Å². The summed E-state index contributed by atoms with van der Waals surface area (Å²) in [5.74, 6) is -0.657. The molecule has 0 unspecified atom stereocenters. The molecular weight excluding hydrogens is 474 g/mol. The van der Waals surface area contributed by atoms with Crippen LogP contribution in [0, 0.1) is 0 Å². The molecule has 1 fully saturated rings. The summed E-state index contributed by atoms with van der Waals surface area (Å²) in [7, 11) is 1.50. The Labute approximate surface area is 205 Å². The highest BCUT2D eigenvalue weighted by molar-refractivity contribution is 6.29. The van der Waals surface area contributed by atoms with Crippen molar-refractivity contribution in [1.29, 1.82) is 0 Å². The predicted molar refractivity (Wildman–Crippen MR) is 130 cm³/mol. The van der Waals surface area contributed by atoms with Crippen molar-refractivity contribution >= 4 is 57.6 Å². The molecule has 1 aliphatic rings. The number of aromatic nitrogens is 3. The van der Waals surface area contributed by atoms with Gasteiger partial charge in [-0.1, -0.05) is 17.7 Å². The van der Waals surface area contributed by atoms with Gasteiger partial charge in [0.1, 0.15) is 29.8 Å². The zero-order valence-corrected chi connectivity index (χ0v) is 19.9. The molecule has 12 heteroatoms. The Kier molecular flexibility index (Phi) is 6.97. The molecule has 0 radical (unpaired) electrons. The van der Waals surface area contributed by atoms with Crippen LogP contribution in [0.25, 0.3) is 10.9 Å². The Morgan fingerprint density at radius 1 is 1.14 bits per heavy atom. The van der Waals surface area contributed by atoms with E-state index < -0.39 is 6.03 Å². The molecule has 182 valence electrons. The van der Waals surface area contributed by atoms with Gasteiger partial charge >= 0.3 is 6.03 Å². The van der Waals surface area contributed by atoms with Crippen LogP contribution in [-0.2, 0) is 16.1 Å². The van der Waals surface area contributed by atoms with Crippen molar-refractivity contribution in [2.75, 3.05) is 24.2 Å². The van der Waals surface area contributed by atoms with Crippen LogP contribution in [0.5, 0.6) is 0 Å². The number of rotatable bonds is 8. The van der Waals surface area contributed by atoms with Crippen molar-refractivity contribution in [3.05, 3.63) is 47.2 Å². The van der Waals surface area contributed by atoms with Gasteiger partial charge in [0.25, 0.3) is 0 Å². The minimum Gasteiger partial charge on any atom is -0.341 e. The number of anilines is 2. The van der Waals surface area contributed by atoms with Crippen LogP contribution in [0.3, 0.4) is 0 Å². The standard InChI is InChI=1S/C23H24ClN7O4/c1-13(32)22-16-10-14(26-23(35)25-2)6-9-17(16)31(29-22)12-21(34)30(15-7-8-15)11-20(33)28-19-5-3-4-18(24)27-19/h3-6,9-10,15H,7-8,11-12H2,1-2H3,(H2,25,26,35)(H,27,28,33). The molecule has 35 heavy (non-hydrogen) atoms. The van der Waals surface area contributed by atoms with Gasteiger partial charge in [-0.3, -0.25) is 19.1 Å². The van der Waals surface area contributed by atoms with Crippen molar-refractivity contribution < 1.29 is 19.2 Å². The summed E-state index contributed by atoms with van der Waals surface area (Å²) in [6.45, 7) is 1.10. The van der Waals surface area contributed by atoms with Gasteiger partial charge in [-0.15, -0.1) is 0 Å². The second kappa shape index (κ2) is 10.1. The van der Waals surface area contributed by atoms with Crippen molar-refractivity contribution in [1.82, 2.24) is 25.0 Å². The third-order valence-electron chi connectivity index (χ3n) is 5.46. The molecule has 0 spiro atoms. The Morgan fingerprint density at radius 2 is 1.91 bits per heavy atom. The highest BCUT2D eigenvalue weighted by Crippen LogP contribution is 2.28. The van der Waals surface area contributed by atoms with Crippen molar-refractivity contribution in [2.24, 2.45) is 0 Å². The van der Waals surface area contributed by atoms with E-state index in [0.29, 0.717) is 22.4 Å². The number of Topliss-reactive ketones (excluding diaryl/α,β-unsaturated/α-hetero) is 1. The second-order valence-electron chi connectivity index (χ2n) is 8.15. The number of amides is 4. The van der Waals surface area contributed by atoms with Crippen LogP contribution in [0.1, 0.15) is 30.3 Å². The molecule has 4 rings (SSSR count). The lowest BCUT2D eigenvalue weighted by molar-refractivity contribution is -0.135. The van der Waals surface area contributed by atoms with Crippen molar-refractivity contribution in [3.8, 4) is 0 Å². The second-order valence-corrected chi connectivity index (χ2v) is 8.53. The summed E-state index contributed by atoms with van der Waals surface area (Å²) < 4.78 is 1.45. The van der Waals surface area contributed by atoms with Crippen LogP contribution >= 0.6 is 11.6 Å². The molecular formula is C23H24ClN7O4. The monoisotopic (exact) mass is 497 g/mol. The molecule has 0 atom stereocenters. The number of halogens is 1. The maximum Gasteiger partial charge on any atom is 0.318 e. The highest BCUT2D eigenvalue weighted by atomic mass is 35.5. The lowest BCUT2D eigenvalue weighted by atomic mass is 10.1. The Morgan fingerprint density at radius 3 is 2.57 bits per heavy atom. The molecule has 0 aliphatic heterocycles. The molecule has 3 aromatic rings. The van der Waals surface area contributed by atoms with Gasteiger partial charge in [0.15, 0.2) is 5.78 Å². The van der Waals surface area contributed by atoms with Crippen molar-refractivity contribution in [2.45, 2.75) is 32.4 Å². The number of benzene rings is 1. The minimum absolute atomic E-state index is 0.0296. The van der Waals surface area contributed by atoms with Crippen LogP contribution in [-0.4, -0.2) is 62.9 Å². The number of nitrogens with zero attached hydrogens (tertiary/aromatic N) is 4. The largest absolute Gasteiger partial charge is 0.341 e. The summed E-state index contributed by atoms with van der Waals surface area (Å²) >= 11 is 5.86. The summed E-state index contributed by atoms with van der Waals surface area (Å²) in [5, 5.41) is 12.9.